The molecule has 3 N–H and O–H groups in total. The second kappa shape index (κ2) is 5.33. The number of para-hydroxylation sites is 1. The normalized spacial score (nSPS) is 12.1. The van der Waals surface area contributed by atoms with Gasteiger partial charge in [0, 0.05) is 18.3 Å². The molecule has 82 valence electrons. The highest BCUT2D eigenvalue weighted by Crippen LogP contribution is 2.11. The molecule has 0 aliphatic carbocycles. The van der Waals surface area contributed by atoms with E-state index in [1.807, 2.05) is 48.5 Å². The maximum atomic E-state index is 6.08. The van der Waals surface area contributed by atoms with Crippen LogP contribution in [0, 0.1) is 0 Å². The molecule has 0 aliphatic heterocycles. The van der Waals surface area contributed by atoms with Gasteiger partial charge in [0.25, 0.3) is 0 Å². The molecule has 0 unspecified atom stereocenters. The molecule has 2 aromatic carbocycles. The third-order valence-corrected chi connectivity index (χ3v) is 2.53. The minimum atomic E-state index is 0.0291. The van der Waals surface area contributed by atoms with E-state index in [0.717, 1.165) is 17.8 Å². The van der Waals surface area contributed by atoms with Crippen LogP contribution in [0.25, 0.3) is 0 Å². The van der Waals surface area contributed by atoms with Crippen LogP contribution in [0.3, 0.4) is 0 Å². The predicted octanol–water partition coefficient (Wildman–Crippen LogP) is 2.80. The fraction of sp³-hybridized carbons (Fsp3) is 0.143. The number of nitrogens with two attached hydrogens (primary N) is 1. The van der Waals surface area contributed by atoms with Gasteiger partial charge in [0.2, 0.25) is 0 Å². The molecular formula is C14H16N2. The number of nitrogens with one attached hydrogen (secondary N) is 1. The predicted molar refractivity (Wildman–Crippen MR) is 68.3 cm³/mol. The Morgan fingerprint density at radius 1 is 0.875 bits per heavy atom. The molecule has 0 amide bonds. The van der Waals surface area contributed by atoms with Crippen LogP contribution < -0.4 is 11.1 Å². The van der Waals surface area contributed by atoms with E-state index in [1.165, 1.54) is 0 Å². The summed E-state index contributed by atoms with van der Waals surface area (Å²) in [7, 11) is 0. The molecule has 0 heterocycles. The number of hydrogen-bond acceptors (Lipinski definition) is 2. The lowest BCUT2D eigenvalue weighted by Crippen LogP contribution is -2.20. The number of benzene rings is 2. The highest BCUT2D eigenvalue weighted by molar-refractivity contribution is 5.42. The molecule has 2 rings (SSSR count). The third-order valence-electron chi connectivity index (χ3n) is 2.53. The zero-order valence-corrected chi connectivity index (χ0v) is 9.14. The van der Waals surface area contributed by atoms with Gasteiger partial charge in [-0.15, -0.1) is 0 Å². The summed E-state index contributed by atoms with van der Waals surface area (Å²) >= 11 is 0. The van der Waals surface area contributed by atoms with Gasteiger partial charge < -0.3 is 11.1 Å². The van der Waals surface area contributed by atoms with Crippen molar-refractivity contribution in [3.63, 3.8) is 0 Å². The number of hydrogen-bond donors (Lipinski definition) is 2. The minimum Gasteiger partial charge on any atom is -0.383 e. The quantitative estimate of drug-likeness (QED) is 0.817. The molecule has 0 saturated carbocycles. The molecule has 0 saturated heterocycles. The molecule has 0 aromatic heterocycles. The van der Waals surface area contributed by atoms with Gasteiger partial charge in [0.1, 0.15) is 0 Å². The standard InChI is InChI=1S/C14H16N2/c15-14(12-7-3-1-4-8-12)11-16-13-9-5-2-6-10-13/h1-10,14,16H,11,15H2/t14-/m1/s1. The molecule has 2 aromatic rings. The van der Waals surface area contributed by atoms with Crippen molar-refractivity contribution in [2.45, 2.75) is 6.04 Å². The van der Waals surface area contributed by atoms with Gasteiger partial charge in [-0.25, -0.2) is 0 Å². The van der Waals surface area contributed by atoms with Crippen LogP contribution in [0.5, 0.6) is 0 Å². The molecule has 16 heavy (non-hydrogen) atoms. The van der Waals surface area contributed by atoms with E-state index in [1.54, 1.807) is 0 Å². The first-order valence-electron chi connectivity index (χ1n) is 5.46. The molecule has 0 fully saturated rings. The summed E-state index contributed by atoms with van der Waals surface area (Å²) in [4.78, 5) is 0. The molecular weight excluding hydrogens is 196 g/mol. The second-order valence-electron chi connectivity index (χ2n) is 3.76. The van der Waals surface area contributed by atoms with Crippen molar-refractivity contribution in [2.24, 2.45) is 5.73 Å². The van der Waals surface area contributed by atoms with Gasteiger partial charge in [-0.2, -0.15) is 0 Å². The summed E-state index contributed by atoms with van der Waals surface area (Å²) in [5.74, 6) is 0. The van der Waals surface area contributed by atoms with Crippen molar-refractivity contribution in [1.82, 2.24) is 0 Å². The van der Waals surface area contributed by atoms with Gasteiger partial charge in [-0.3, -0.25) is 0 Å². The molecule has 0 bridgehead atoms. The zero-order valence-electron chi connectivity index (χ0n) is 9.14. The van der Waals surface area contributed by atoms with Gasteiger partial charge >= 0.3 is 0 Å². The summed E-state index contributed by atoms with van der Waals surface area (Å²) in [6, 6.07) is 20.3. The molecule has 0 aliphatic rings. The molecule has 0 spiro atoms. The Kier molecular flexibility index (Phi) is 3.57. The monoisotopic (exact) mass is 212 g/mol. The molecule has 2 heteroatoms. The first kappa shape index (κ1) is 10.7. The Morgan fingerprint density at radius 2 is 1.44 bits per heavy atom. The van der Waals surface area contributed by atoms with Crippen molar-refractivity contribution in [2.75, 3.05) is 11.9 Å². The summed E-state index contributed by atoms with van der Waals surface area (Å²) < 4.78 is 0. The smallest absolute Gasteiger partial charge is 0.0470 e. The van der Waals surface area contributed by atoms with Crippen LogP contribution in [-0.2, 0) is 0 Å². The van der Waals surface area contributed by atoms with Crippen LogP contribution >= 0.6 is 0 Å². The SMILES string of the molecule is N[C@H](CNc1ccccc1)c1ccccc1. The fourth-order valence-electron chi connectivity index (χ4n) is 1.60. The van der Waals surface area contributed by atoms with Crippen LogP contribution in [-0.4, -0.2) is 6.54 Å². The Morgan fingerprint density at radius 3 is 2.06 bits per heavy atom. The fourth-order valence-corrected chi connectivity index (χ4v) is 1.60. The molecule has 1 atom stereocenters. The van der Waals surface area contributed by atoms with Crippen molar-refractivity contribution in [3.8, 4) is 0 Å². The molecule has 2 nitrogen and oxygen atoms in total. The van der Waals surface area contributed by atoms with E-state index in [-0.39, 0.29) is 6.04 Å². The third kappa shape index (κ3) is 2.84. The van der Waals surface area contributed by atoms with E-state index < -0.39 is 0 Å². The maximum absolute atomic E-state index is 6.08. The van der Waals surface area contributed by atoms with Crippen LogP contribution in [0.2, 0.25) is 0 Å². The Labute approximate surface area is 96.1 Å². The second-order valence-corrected chi connectivity index (χ2v) is 3.76. The van der Waals surface area contributed by atoms with Crippen molar-refractivity contribution in [3.05, 3.63) is 66.2 Å². The topological polar surface area (TPSA) is 38.0 Å². The lowest BCUT2D eigenvalue weighted by atomic mass is 10.1. The van der Waals surface area contributed by atoms with Crippen LogP contribution in [0.15, 0.2) is 60.7 Å². The van der Waals surface area contributed by atoms with Gasteiger partial charge in [-0.1, -0.05) is 48.5 Å². The Balaban J connectivity index is 1.92. The van der Waals surface area contributed by atoms with Crippen LogP contribution in [0.1, 0.15) is 11.6 Å². The lowest BCUT2D eigenvalue weighted by molar-refractivity contribution is 0.764. The van der Waals surface area contributed by atoms with Crippen LogP contribution in [0.4, 0.5) is 5.69 Å². The lowest BCUT2D eigenvalue weighted by Gasteiger charge is -2.13. The van der Waals surface area contributed by atoms with Gasteiger partial charge in [0.15, 0.2) is 0 Å². The van der Waals surface area contributed by atoms with E-state index in [4.69, 9.17) is 5.73 Å². The summed E-state index contributed by atoms with van der Waals surface area (Å²) in [6.07, 6.45) is 0. The largest absolute Gasteiger partial charge is 0.383 e. The Hall–Kier alpha value is -1.80. The minimum absolute atomic E-state index is 0.0291. The zero-order chi connectivity index (χ0) is 11.2. The number of rotatable bonds is 4. The summed E-state index contributed by atoms with van der Waals surface area (Å²) in [5, 5.41) is 3.32. The molecule has 0 radical (unpaired) electrons. The first-order chi connectivity index (χ1) is 7.86. The van der Waals surface area contributed by atoms with Gasteiger partial charge in [-0.05, 0) is 17.7 Å². The van der Waals surface area contributed by atoms with E-state index in [0.29, 0.717) is 0 Å². The number of anilines is 1. The summed E-state index contributed by atoms with van der Waals surface area (Å²) in [6.45, 7) is 0.744. The average molecular weight is 212 g/mol. The van der Waals surface area contributed by atoms with E-state index in [9.17, 15) is 0 Å². The Bertz CT molecular complexity index is 411. The van der Waals surface area contributed by atoms with E-state index in [2.05, 4.69) is 17.4 Å². The average Bonchev–Trinajstić information content (AvgIpc) is 2.38. The highest BCUT2D eigenvalue weighted by Gasteiger charge is 2.03. The highest BCUT2D eigenvalue weighted by atomic mass is 14.9. The summed E-state index contributed by atoms with van der Waals surface area (Å²) in [5.41, 5.74) is 8.34. The van der Waals surface area contributed by atoms with Gasteiger partial charge in [0.05, 0.1) is 0 Å². The van der Waals surface area contributed by atoms with Crippen molar-refractivity contribution < 1.29 is 0 Å². The van der Waals surface area contributed by atoms with E-state index >= 15 is 0 Å². The van der Waals surface area contributed by atoms with Crippen molar-refractivity contribution in [1.29, 1.82) is 0 Å². The van der Waals surface area contributed by atoms with Crippen molar-refractivity contribution >= 4 is 5.69 Å². The maximum Gasteiger partial charge on any atom is 0.0470 e. The first-order valence-corrected chi connectivity index (χ1v) is 5.46.